The molecule has 2 aromatic carbocycles. The van der Waals surface area contributed by atoms with Gasteiger partial charge in [0.15, 0.2) is 12.6 Å². The number of benzene rings is 2. The largest absolute Gasteiger partial charge is 0.472 e. The van der Waals surface area contributed by atoms with Gasteiger partial charge in [-0.1, -0.05) is 59.6 Å². The van der Waals surface area contributed by atoms with Gasteiger partial charge >= 0.3 is 6.01 Å². The molecule has 0 spiro atoms. The van der Waals surface area contributed by atoms with Gasteiger partial charge in [0.1, 0.15) is 54.0 Å². The number of anilines is 2. The Balaban J connectivity index is 1.39. The quantitative estimate of drug-likeness (QED) is 0.0734. The van der Waals surface area contributed by atoms with Crippen LogP contribution in [0.4, 0.5) is 20.4 Å². The van der Waals surface area contributed by atoms with Crippen molar-refractivity contribution < 1.29 is 32.5 Å². The van der Waals surface area contributed by atoms with Crippen LogP contribution in [-0.2, 0) is 9.47 Å². The Morgan fingerprint density at radius 2 is 1.73 bits per heavy atom. The molecule has 6 heterocycles. The monoisotopic (exact) mass is 836 g/mol. The highest BCUT2D eigenvalue weighted by Gasteiger charge is 2.52. The lowest BCUT2D eigenvalue weighted by Gasteiger charge is -2.38. The summed E-state index contributed by atoms with van der Waals surface area (Å²) < 4.78 is 64.3. The standard InChI is InChI=1S/C46H54F2N6O5Si/c1-25(2)60(26(3)4,27(5)6)16-14-34-36(47)13-12-30-17-31(58-24-55-9)18-35(37(30)34)40-39(48)41-38-43(53-45(52-41)57-23-46-19-32(20-46)56-22-46)54(21-28(7)59-44(38)51-40)29(8)33-11-10-15-50-42(33)49/h10-13,15,17-18,25-29,32H,19-24H2,1-9H3,(H2,49,50)/t28-,29?,32?,46?/m0/s1. The first-order valence-corrected chi connectivity index (χ1v) is 23.1. The fourth-order valence-corrected chi connectivity index (χ4v) is 15.1. The molecule has 0 amide bonds. The minimum Gasteiger partial charge on any atom is -0.472 e. The normalized spacial score (nSPS) is 20.3. The highest BCUT2D eigenvalue weighted by Crippen LogP contribution is 2.51. The smallest absolute Gasteiger partial charge is 0.319 e. The fourth-order valence-electron chi connectivity index (χ4n) is 9.87. The van der Waals surface area contributed by atoms with Gasteiger partial charge in [0.25, 0.3) is 0 Å². The predicted octanol–water partition coefficient (Wildman–Crippen LogP) is 9.56. The van der Waals surface area contributed by atoms with E-state index < -0.39 is 25.8 Å². The van der Waals surface area contributed by atoms with Crippen molar-refractivity contribution in [3.05, 3.63) is 65.4 Å². The van der Waals surface area contributed by atoms with Crippen LogP contribution in [0.2, 0.25) is 16.6 Å². The number of methoxy groups -OCH3 is 1. The van der Waals surface area contributed by atoms with E-state index in [0.717, 1.165) is 18.4 Å². The number of hydrogen-bond donors (Lipinski definition) is 1. The first-order chi connectivity index (χ1) is 28.7. The van der Waals surface area contributed by atoms with Crippen LogP contribution in [0.15, 0.2) is 42.6 Å². The molecule has 2 bridgehead atoms. The van der Waals surface area contributed by atoms with Crippen molar-refractivity contribution in [1.29, 1.82) is 0 Å². The fraction of sp³-hybridized carbons (Fsp3) is 0.478. The molecule has 3 aliphatic heterocycles. The first-order valence-electron chi connectivity index (χ1n) is 20.9. The molecular formula is C46H54F2N6O5Si. The molecule has 1 saturated carbocycles. The Kier molecular flexibility index (Phi) is 11.1. The van der Waals surface area contributed by atoms with E-state index in [0.29, 0.717) is 64.5 Å². The van der Waals surface area contributed by atoms with Crippen molar-refractivity contribution in [3.8, 4) is 40.4 Å². The Morgan fingerprint density at radius 1 is 0.983 bits per heavy atom. The molecule has 5 aromatic rings. The number of nitrogens with zero attached hydrogens (tertiary/aromatic N) is 5. The molecule has 4 aliphatic rings. The summed E-state index contributed by atoms with van der Waals surface area (Å²) in [7, 11) is -0.808. The first kappa shape index (κ1) is 41.6. The maximum Gasteiger partial charge on any atom is 0.319 e. The molecule has 2 atom stereocenters. The number of ether oxygens (including phenoxy) is 5. The van der Waals surface area contributed by atoms with Gasteiger partial charge in [0.2, 0.25) is 5.88 Å². The van der Waals surface area contributed by atoms with Gasteiger partial charge in [0.05, 0.1) is 37.5 Å². The van der Waals surface area contributed by atoms with E-state index in [2.05, 4.69) is 58.0 Å². The van der Waals surface area contributed by atoms with E-state index in [1.165, 1.54) is 13.2 Å². The Labute approximate surface area is 351 Å². The van der Waals surface area contributed by atoms with Crippen molar-refractivity contribution in [2.24, 2.45) is 5.41 Å². The molecule has 316 valence electrons. The molecular weight excluding hydrogens is 783 g/mol. The molecule has 2 N–H and O–H groups in total. The number of halogens is 2. The maximum absolute atomic E-state index is 17.9. The number of fused-ring (bicyclic) bond motifs is 2. The van der Waals surface area contributed by atoms with Crippen LogP contribution in [-0.4, -0.2) is 73.9 Å². The highest BCUT2D eigenvalue weighted by molar-refractivity contribution is 6.90. The van der Waals surface area contributed by atoms with Crippen molar-refractivity contribution in [3.63, 3.8) is 0 Å². The maximum atomic E-state index is 17.9. The summed E-state index contributed by atoms with van der Waals surface area (Å²) in [6.45, 7) is 18.3. The third-order valence-electron chi connectivity index (χ3n) is 12.9. The van der Waals surface area contributed by atoms with Crippen molar-refractivity contribution >= 4 is 41.4 Å². The Morgan fingerprint density at radius 3 is 2.40 bits per heavy atom. The van der Waals surface area contributed by atoms with Crippen LogP contribution in [0.3, 0.4) is 0 Å². The van der Waals surface area contributed by atoms with Crippen LogP contribution in [0.5, 0.6) is 17.6 Å². The number of aromatic nitrogens is 4. The minimum absolute atomic E-state index is 0.00660. The van der Waals surface area contributed by atoms with Gasteiger partial charge in [-0.05, 0) is 73.0 Å². The minimum atomic E-state index is -2.32. The van der Waals surface area contributed by atoms with E-state index in [1.807, 2.05) is 30.9 Å². The van der Waals surface area contributed by atoms with E-state index in [4.69, 9.17) is 44.4 Å². The van der Waals surface area contributed by atoms with Gasteiger partial charge in [0, 0.05) is 35.2 Å². The second-order valence-corrected chi connectivity index (χ2v) is 23.3. The second kappa shape index (κ2) is 16.1. The van der Waals surface area contributed by atoms with Gasteiger partial charge in [-0.25, -0.2) is 18.7 Å². The summed E-state index contributed by atoms with van der Waals surface area (Å²) in [5.74, 6) is 3.32. The number of rotatable bonds is 12. The van der Waals surface area contributed by atoms with Crippen LogP contribution >= 0.6 is 0 Å². The topological polar surface area (TPSA) is 127 Å². The lowest BCUT2D eigenvalue weighted by molar-refractivity contribution is 0.0512. The molecule has 1 aliphatic carbocycles. The average Bonchev–Trinajstić information content (AvgIpc) is 3.77. The third kappa shape index (κ3) is 7.18. The highest BCUT2D eigenvalue weighted by atomic mass is 28.3. The molecule has 2 saturated heterocycles. The van der Waals surface area contributed by atoms with Crippen LogP contribution in [0.1, 0.15) is 85.4 Å². The van der Waals surface area contributed by atoms with E-state index in [1.54, 1.807) is 24.4 Å². The summed E-state index contributed by atoms with van der Waals surface area (Å²) >= 11 is 0. The van der Waals surface area contributed by atoms with Crippen molar-refractivity contribution in [2.45, 2.75) is 103 Å². The van der Waals surface area contributed by atoms with Gasteiger partial charge in [-0.3, -0.25) is 0 Å². The molecule has 0 radical (unpaired) electrons. The lowest BCUT2D eigenvalue weighted by Crippen LogP contribution is -2.43. The Bertz CT molecular complexity index is 2490. The summed E-state index contributed by atoms with van der Waals surface area (Å²) in [5, 5.41) is 1.27. The summed E-state index contributed by atoms with van der Waals surface area (Å²) in [4.78, 5) is 21.0. The molecule has 60 heavy (non-hydrogen) atoms. The molecule has 14 heteroatoms. The second-order valence-electron chi connectivity index (χ2n) is 17.7. The SMILES string of the molecule is COCOc1cc(-c2nc3c4c(nc(OCC56COC(C5)C6)nc4c2F)N(C(C)c2cccnc2N)C[C@H](C)O3)c2c(C#C[Si](C(C)C)(C(C)C)C(C)C)c(F)ccc2c1. The van der Waals surface area contributed by atoms with Crippen molar-refractivity contribution in [1.82, 2.24) is 19.9 Å². The number of nitrogen functional groups attached to an aromatic ring is 1. The third-order valence-corrected chi connectivity index (χ3v) is 19.2. The van der Waals surface area contributed by atoms with Gasteiger partial charge in [-0.15, -0.1) is 5.54 Å². The van der Waals surface area contributed by atoms with E-state index in [9.17, 15) is 0 Å². The molecule has 9 rings (SSSR count). The molecule has 11 nitrogen and oxygen atoms in total. The predicted molar refractivity (Wildman–Crippen MR) is 232 cm³/mol. The van der Waals surface area contributed by atoms with Crippen LogP contribution in [0, 0.1) is 28.5 Å². The summed E-state index contributed by atoms with van der Waals surface area (Å²) in [6, 6.07) is 9.86. The van der Waals surface area contributed by atoms with E-state index in [-0.39, 0.29) is 64.0 Å². The zero-order valence-corrected chi connectivity index (χ0v) is 36.9. The zero-order valence-electron chi connectivity index (χ0n) is 35.9. The molecule has 1 unspecified atom stereocenters. The average molecular weight is 837 g/mol. The number of nitrogens with two attached hydrogens (primary N) is 1. The zero-order chi connectivity index (χ0) is 42.7. The molecule has 3 aromatic heterocycles. The molecule has 3 fully saturated rings. The number of hydrogen-bond acceptors (Lipinski definition) is 11. The van der Waals surface area contributed by atoms with Crippen LogP contribution < -0.4 is 24.8 Å². The van der Waals surface area contributed by atoms with E-state index >= 15 is 8.78 Å². The number of pyridine rings is 2. The lowest BCUT2D eigenvalue weighted by atomic mass is 9.71. The summed E-state index contributed by atoms with van der Waals surface area (Å²) in [5.41, 5.74) is 11.9. The van der Waals surface area contributed by atoms with Gasteiger partial charge < -0.3 is 34.3 Å². The van der Waals surface area contributed by atoms with Crippen LogP contribution in [0.25, 0.3) is 32.9 Å². The Hall–Kier alpha value is -5.10. The van der Waals surface area contributed by atoms with Gasteiger partial charge in [-0.2, -0.15) is 9.97 Å². The summed E-state index contributed by atoms with van der Waals surface area (Å²) in [6.07, 6.45) is 3.20. The van der Waals surface area contributed by atoms with Crippen molar-refractivity contribution in [2.75, 3.05) is 44.3 Å².